The molecule has 6 nitrogen and oxygen atoms in total. The van der Waals surface area contributed by atoms with Gasteiger partial charge in [0.2, 0.25) is 0 Å². The lowest BCUT2D eigenvalue weighted by atomic mass is 9.95. The molecule has 0 saturated carbocycles. The number of hydrogen-bond acceptors (Lipinski definition) is 4. The third-order valence-electron chi connectivity index (χ3n) is 2.06. The highest BCUT2D eigenvalue weighted by Crippen LogP contribution is 2.31. The van der Waals surface area contributed by atoms with Crippen molar-refractivity contribution >= 4 is 11.9 Å². The van der Waals surface area contributed by atoms with Gasteiger partial charge in [0.25, 0.3) is 0 Å². The number of aromatic hydroxyl groups is 2. The summed E-state index contributed by atoms with van der Waals surface area (Å²) in [6.45, 7) is 0. The molecule has 0 aromatic heterocycles. The van der Waals surface area contributed by atoms with Gasteiger partial charge in [-0.15, -0.1) is 0 Å². The fourth-order valence-electron chi connectivity index (χ4n) is 1.33. The summed E-state index contributed by atoms with van der Waals surface area (Å²) in [4.78, 5) is 21.3. The zero-order valence-electron chi connectivity index (χ0n) is 8.12. The van der Waals surface area contributed by atoms with E-state index in [4.69, 9.17) is 15.3 Å². The number of aliphatic carboxylic acids is 2. The highest BCUT2D eigenvalue weighted by Gasteiger charge is 2.26. The first-order chi connectivity index (χ1) is 7.41. The topological polar surface area (TPSA) is 115 Å². The minimum absolute atomic E-state index is 0.116. The van der Waals surface area contributed by atoms with Crippen molar-refractivity contribution in [1.29, 1.82) is 0 Å². The van der Waals surface area contributed by atoms with Crippen molar-refractivity contribution in [2.45, 2.75) is 12.3 Å². The van der Waals surface area contributed by atoms with Crippen LogP contribution >= 0.6 is 0 Å². The molecule has 16 heavy (non-hydrogen) atoms. The Morgan fingerprint density at radius 2 is 1.81 bits per heavy atom. The van der Waals surface area contributed by atoms with E-state index in [1.165, 1.54) is 6.07 Å². The number of benzene rings is 1. The minimum Gasteiger partial charge on any atom is -0.508 e. The standard InChI is InChI=1S/C10H10O6/c11-5-1-2-8(12)6(3-5)7(10(15)16)4-9(13)14/h1-3,7,11-12H,4H2,(H,13,14)(H,15,16). The Morgan fingerprint density at radius 3 is 2.31 bits per heavy atom. The van der Waals surface area contributed by atoms with Crippen LogP contribution in [0.5, 0.6) is 11.5 Å². The van der Waals surface area contributed by atoms with Gasteiger partial charge in [0, 0.05) is 5.56 Å². The molecule has 0 bridgehead atoms. The van der Waals surface area contributed by atoms with E-state index in [2.05, 4.69) is 0 Å². The van der Waals surface area contributed by atoms with Gasteiger partial charge in [-0.25, -0.2) is 0 Å². The molecule has 0 fully saturated rings. The van der Waals surface area contributed by atoms with Crippen molar-refractivity contribution < 1.29 is 30.0 Å². The summed E-state index contributed by atoms with van der Waals surface area (Å²) in [6.07, 6.45) is -0.660. The highest BCUT2D eigenvalue weighted by atomic mass is 16.4. The SMILES string of the molecule is O=C(O)CC(C(=O)O)c1cc(O)ccc1O. The quantitative estimate of drug-likeness (QED) is 0.563. The van der Waals surface area contributed by atoms with Gasteiger partial charge >= 0.3 is 11.9 Å². The molecule has 86 valence electrons. The summed E-state index contributed by atoms with van der Waals surface area (Å²) in [5.41, 5.74) is -0.116. The maximum absolute atomic E-state index is 10.8. The normalized spacial score (nSPS) is 12.0. The third kappa shape index (κ3) is 2.63. The summed E-state index contributed by atoms with van der Waals surface area (Å²) in [5.74, 6) is -4.64. The van der Waals surface area contributed by atoms with Crippen molar-refractivity contribution in [3.05, 3.63) is 23.8 Å². The van der Waals surface area contributed by atoms with Crippen LogP contribution in [0.25, 0.3) is 0 Å². The van der Waals surface area contributed by atoms with Crippen LogP contribution in [0.2, 0.25) is 0 Å². The number of carboxylic acid groups (broad SMARTS) is 2. The van der Waals surface area contributed by atoms with E-state index >= 15 is 0 Å². The molecule has 1 atom stereocenters. The Hall–Kier alpha value is -2.24. The number of phenols is 2. The van der Waals surface area contributed by atoms with E-state index in [0.717, 1.165) is 12.1 Å². The van der Waals surface area contributed by atoms with E-state index in [0.29, 0.717) is 0 Å². The molecule has 0 spiro atoms. The smallest absolute Gasteiger partial charge is 0.311 e. The summed E-state index contributed by atoms with van der Waals surface area (Å²) >= 11 is 0. The maximum Gasteiger partial charge on any atom is 0.311 e. The molecule has 0 amide bonds. The lowest BCUT2D eigenvalue weighted by Crippen LogP contribution is -2.16. The minimum atomic E-state index is -1.38. The molecular formula is C10H10O6. The van der Waals surface area contributed by atoms with Crippen LogP contribution in [0.1, 0.15) is 17.9 Å². The van der Waals surface area contributed by atoms with E-state index in [-0.39, 0.29) is 17.1 Å². The molecule has 0 aliphatic rings. The van der Waals surface area contributed by atoms with Crippen LogP contribution in [0.3, 0.4) is 0 Å². The predicted octanol–water partition coefficient (Wildman–Crippen LogP) is 0.741. The summed E-state index contributed by atoms with van der Waals surface area (Å²) < 4.78 is 0. The maximum atomic E-state index is 10.8. The van der Waals surface area contributed by atoms with Gasteiger partial charge in [0.05, 0.1) is 12.3 Å². The molecule has 1 aromatic carbocycles. The monoisotopic (exact) mass is 226 g/mol. The molecule has 0 aliphatic carbocycles. The molecule has 1 unspecified atom stereocenters. The molecule has 0 saturated heterocycles. The van der Waals surface area contributed by atoms with E-state index in [1.807, 2.05) is 0 Å². The Bertz CT molecular complexity index is 425. The molecule has 1 aromatic rings. The van der Waals surface area contributed by atoms with Gasteiger partial charge in [-0.2, -0.15) is 0 Å². The number of rotatable bonds is 4. The van der Waals surface area contributed by atoms with E-state index in [1.54, 1.807) is 0 Å². The Morgan fingerprint density at radius 1 is 1.19 bits per heavy atom. The molecule has 1 rings (SSSR count). The van der Waals surface area contributed by atoms with Gasteiger partial charge in [-0.1, -0.05) is 0 Å². The Balaban J connectivity index is 3.14. The van der Waals surface area contributed by atoms with Crippen LogP contribution in [-0.2, 0) is 9.59 Å². The lowest BCUT2D eigenvalue weighted by molar-refractivity contribution is -0.145. The average molecular weight is 226 g/mol. The molecule has 0 aliphatic heterocycles. The molecule has 4 N–H and O–H groups in total. The van der Waals surface area contributed by atoms with Crippen LogP contribution < -0.4 is 0 Å². The van der Waals surface area contributed by atoms with Crippen molar-refractivity contribution in [3.8, 4) is 11.5 Å². The first-order valence-corrected chi connectivity index (χ1v) is 4.38. The van der Waals surface area contributed by atoms with Crippen molar-refractivity contribution in [2.75, 3.05) is 0 Å². The second kappa shape index (κ2) is 4.52. The van der Waals surface area contributed by atoms with Gasteiger partial charge in [0.15, 0.2) is 0 Å². The van der Waals surface area contributed by atoms with Gasteiger partial charge < -0.3 is 20.4 Å². The zero-order chi connectivity index (χ0) is 12.3. The fraction of sp³-hybridized carbons (Fsp3) is 0.200. The van der Waals surface area contributed by atoms with Crippen LogP contribution in [0, 0.1) is 0 Å². The largest absolute Gasteiger partial charge is 0.508 e. The van der Waals surface area contributed by atoms with E-state index in [9.17, 15) is 14.7 Å². The number of phenolic OH excluding ortho intramolecular Hbond substituents is 2. The third-order valence-corrected chi connectivity index (χ3v) is 2.06. The first kappa shape index (κ1) is 11.8. The summed E-state index contributed by atoms with van der Waals surface area (Å²) in [7, 11) is 0. The molecule has 0 heterocycles. The van der Waals surface area contributed by atoms with Crippen LogP contribution in [0.15, 0.2) is 18.2 Å². The summed E-state index contributed by atoms with van der Waals surface area (Å²) in [5, 5.41) is 35.9. The fourth-order valence-corrected chi connectivity index (χ4v) is 1.33. The van der Waals surface area contributed by atoms with Crippen molar-refractivity contribution in [1.82, 2.24) is 0 Å². The Kier molecular flexibility index (Phi) is 3.34. The predicted molar refractivity (Wildman–Crippen MR) is 52.4 cm³/mol. The molecule has 6 heteroatoms. The number of carboxylic acids is 2. The summed E-state index contributed by atoms with van der Waals surface area (Å²) in [6, 6.07) is 3.33. The second-order valence-electron chi connectivity index (χ2n) is 3.23. The van der Waals surface area contributed by atoms with Crippen molar-refractivity contribution in [3.63, 3.8) is 0 Å². The lowest BCUT2D eigenvalue weighted by Gasteiger charge is -2.12. The van der Waals surface area contributed by atoms with Crippen LogP contribution in [-0.4, -0.2) is 32.4 Å². The van der Waals surface area contributed by atoms with Crippen LogP contribution in [0.4, 0.5) is 0 Å². The number of hydrogen-bond donors (Lipinski definition) is 4. The molecule has 0 radical (unpaired) electrons. The molecular weight excluding hydrogens is 216 g/mol. The van der Waals surface area contributed by atoms with Gasteiger partial charge in [-0.3, -0.25) is 9.59 Å². The first-order valence-electron chi connectivity index (χ1n) is 4.38. The average Bonchev–Trinajstić information content (AvgIpc) is 2.18. The van der Waals surface area contributed by atoms with E-state index < -0.39 is 24.3 Å². The zero-order valence-corrected chi connectivity index (χ0v) is 8.12. The van der Waals surface area contributed by atoms with Crippen molar-refractivity contribution in [2.24, 2.45) is 0 Å². The highest BCUT2D eigenvalue weighted by molar-refractivity contribution is 5.83. The Labute approximate surface area is 90.4 Å². The second-order valence-corrected chi connectivity index (χ2v) is 3.23. The van der Waals surface area contributed by atoms with Gasteiger partial charge in [-0.05, 0) is 18.2 Å². The van der Waals surface area contributed by atoms with Gasteiger partial charge in [0.1, 0.15) is 11.5 Å². The number of carbonyl (C=O) groups is 2.